The van der Waals surface area contributed by atoms with Crippen molar-refractivity contribution in [2.45, 2.75) is 39.6 Å². The number of rotatable bonds is 7. The van der Waals surface area contributed by atoms with Crippen molar-refractivity contribution < 1.29 is 32.2 Å². The Kier molecular flexibility index (Phi) is 6.66. The molecule has 0 saturated carbocycles. The third-order valence-electron chi connectivity index (χ3n) is 3.37. The van der Waals surface area contributed by atoms with Crippen LogP contribution in [0.5, 0.6) is 5.75 Å². The number of halogens is 3. The molecule has 0 unspecified atom stereocenters. The van der Waals surface area contributed by atoms with Crippen LogP contribution in [0.15, 0.2) is 30.5 Å². The van der Waals surface area contributed by atoms with E-state index in [-0.39, 0.29) is 28.8 Å². The first-order valence-corrected chi connectivity index (χ1v) is 8.48. The summed E-state index contributed by atoms with van der Waals surface area (Å²) in [5.74, 6) is -1.43. The van der Waals surface area contributed by atoms with Crippen molar-refractivity contribution in [2.75, 3.05) is 11.9 Å². The minimum absolute atomic E-state index is 0.0617. The summed E-state index contributed by atoms with van der Waals surface area (Å²) in [6, 6.07) is 5.29. The summed E-state index contributed by atoms with van der Waals surface area (Å²) in [4.78, 5) is 24.7. The lowest BCUT2D eigenvalue weighted by Gasteiger charge is -2.11. The van der Waals surface area contributed by atoms with E-state index >= 15 is 0 Å². The van der Waals surface area contributed by atoms with Crippen molar-refractivity contribution >= 4 is 17.6 Å². The molecule has 7 nitrogen and oxygen atoms in total. The van der Waals surface area contributed by atoms with Crippen molar-refractivity contribution in [3.63, 3.8) is 0 Å². The maximum Gasteiger partial charge on any atom is 0.422 e. The third-order valence-corrected chi connectivity index (χ3v) is 3.37. The van der Waals surface area contributed by atoms with E-state index in [1.807, 2.05) is 0 Å². The number of carbonyl (C=O) groups excluding carboxylic acids is 2. The fourth-order valence-electron chi connectivity index (χ4n) is 2.18. The van der Waals surface area contributed by atoms with Crippen molar-refractivity contribution in [3.05, 3.63) is 41.7 Å². The van der Waals surface area contributed by atoms with Crippen LogP contribution in [-0.4, -0.2) is 40.5 Å². The molecule has 1 amide bonds. The maximum absolute atomic E-state index is 12.5. The standard InChI is InChI=1S/C18H20F3N3O4/c1-4-24-9-14(15(23-24)17(26)28-11(2)3)22-16(25)12-6-5-7-13(8-12)27-10-18(19,20)21/h5-9,11H,4,10H2,1-3H3,(H,22,25). The summed E-state index contributed by atoms with van der Waals surface area (Å²) in [7, 11) is 0. The van der Waals surface area contributed by atoms with E-state index in [0.29, 0.717) is 6.54 Å². The van der Waals surface area contributed by atoms with Crippen LogP contribution < -0.4 is 10.1 Å². The minimum Gasteiger partial charge on any atom is -0.484 e. The fraction of sp³-hybridized carbons (Fsp3) is 0.389. The number of nitrogens with one attached hydrogen (secondary N) is 1. The van der Waals surface area contributed by atoms with E-state index in [2.05, 4.69) is 15.2 Å². The highest BCUT2D eigenvalue weighted by atomic mass is 19.4. The molecule has 10 heteroatoms. The molecule has 2 aromatic rings. The Morgan fingerprint density at radius 2 is 2.00 bits per heavy atom. The molecule has 0 spiro atoms. The van der Waals surface area contributed by atoms with E-state index in [1.165, 1.54) is 35.1 Å². The molecule has 0 aliphatic carbocycles. The van der Waals surface area contributed by atoms with Gasteiger partial charge in [0.05, 0.1) is 11.8 Å². The molecule has 1 heterocycles. The highest BCUT2D eigenvalue weighted by Gasteiger charge is 2.28. The number of carbonyl (C=O) groups is 2. The smallest absolute Gasteiger partial charge is 0.422 e. The van der Waals surface area contributed by atoms with Crippen LogP contribution in [0.1, 0.15) is 41.6 Å². The van der Waals surface area contributed by atoms with Crippen molar-refractivity contribution in [1.82, 2.24) is 9.78 Å². The predicted molar refractivity (Wildman–Crippen MR) is 94.4 cm³/mol. The lowest BCUT2D eigenvalue weighted by molar-refractivity contribution is -0.153. The number of aryl methyl sites for hydroxylation is 1. The minimum atomic E-state index is -4.49. The Labute approximate surface area is 159 Å². The Bertz CT molecular complexity index is 847. The Hall–Kier alpha value is -3.04. The van der Waals surface area contributed by atoms with Crippen molar-refractivity contribution in [2.24, 2.45) is 0 Å². The summed E-state index contributed by atoms with van der Waals surface area (Å²) < 4.78 is 48.0. The molecular formula is C18H20F3N3O4. The quantitative estimate of drug-likeness (QED) is 0.719. The molecule has 0 saturated heterocycles. The van der Waals surface area contributed by atoms with Crippen molar-refractivity contribution in [3.8, 4) is 5.75 Å². The second kappa shape index (κ2) is 8.77. The summed E-state index contributed by atoms with van der Waals surface area (Å²) in [5.41, 5.74) is 0.139. The third kappa shape index (κ3) is 6.00. The van der Waals surface area contributed by atoms with E-state index in [4.69, 9.17) is 4.74 Å². The second-order valence-electron chi connectivity index (χ2n) is 6.09. The first-order chi connectivity index (χ1) is 13.1. The van der Waals surface area contributed by atoms with Crippen LogP contribution in [0.3, 0.4) is 0 Å². The van der Waals surface area contributed by atoms with Gasteiger partial charge in [0, 0.05) is 18.3 Å². The molecule has 1 N–H and O–H groups in total. The number of ether oxygens (including phenoxy) is 2. The van der Waals surface area contributed by atoms with Crippen molar-refractivity contribution in [1.29, 1.82) is 0 Å². The van der Waals surface area contributed by atoms with Gasteiger partial charge in [0.1, 0.15) is 5.75 Å². The Morgan fingerprint density at radius 3 is 2.61 bits per heavy atom. The zero-order valence-electron chi connectivity index (χ0n) is 15.5. The molecule has 2 rings (SSSR count). The predicted octanol–water partition coefficient (Wildman–Crippen LogP) is 3.66. The van der Waals surface area contributed by atoms with Crippen LogP contribution in [0.25, 0.3) is 0 Å². The first kappa shape index (κ1) is 21.3. The second-order valence-corrected chi connectivity index (χ2v) is 6.09. The van der Waals surface area contributed by atoms with Gasteiger partial charge in [-0.05, 0) is 39.0 Å². The molecule has 0 fully saturated rings. The van der Waals surface area contributed by atoms with Gasteiger partial charge in [0.2, 0.25) is 0 Å². The zero-order chi connectivity index (χ0) is 20.9. The average molecular weight is 399 g/mol. The van der Waals surface area contributed by atoms with E-state index in [9.17, 15) is 22.8 Å². The highest BCUT2D eigenvalue weighted by Crippen LogP contribution is 2.21. The van der Waals surface area contributed by atoms with Crippen LogP contribution in [-0.2, 0) is 11.3 Å². The van der Waals surface area contributed by atoms with Crippen LogP contribution in [0.2, 0.25) is 0 Å². The SMILES string of the molecule is CCn1cc(NC(=O)c2cccc(OCC(F)(F)F)c2)c(C(=O)OC(C)C)n1. The Balaban J connectivity index is 2.18. The summed E-state index contributed by atoms with van der Waals surface area (Å²) in [6.45, 7) is 4.15. The number of anilines is 1. The number of amides is 1. The summed E-state index contributed by atoms with van der Waals surface area (Å²) in [6.07, 6.45) is -3.39. The van der Waals surface area contributed by atoms with E-state index < -0.39 is 24.7 Å². The molecule has 0 bridgehead atoms. The van der Waals surface area contributed by atoms with Crippen LogP contribution in [0, 0.1) is 0 Å². The number of esters is 1. The molecule has 0 atom stereocenters. The van der Waals surface area contributed by atoms with Gasteiger partial charge in [0.25, 0.3) is 5.91 Å². The molecular weight excluding hydrogens is 379 g/mol. The van der Waals surface area contributed by atoms with Gasteiger partial charge in [-0.2, -0.15) is 18.3 Å². The van der Waals surface area contributed by atoms with Gasteiger partial charge in [-0.1, -0.05) is 6.07 Å². The highest BCUT2D eigenvalue weighted by molar-refractivity contribution is 6.07. The van der Waals surface area contributed by atoms with Gasteiger partial charge in [-0.15, -0.1) is 0 Å². The van der Waals surface area contributed by atoms with Crippen LogP contribution >= 0.6 is 0 Å². The molecule has 0 aliphatic rings. The number of alkyl halides is 3. The van der Waals surface area contributed by atoms with E-state index in [1.54, 1.807) is 20.8 Å². The molecule has 0 aliphatic heterocycles. The number of benzene rings is 1. The molecule has 152 valence electrons. The van der Waals surface area contributed by atoms with Gasteiger partial charge < -0.3 is 14.8 Å². The van der Waals surface area contributed by atoms with Gasteiger partial charge >= 0.3 is 12.1 Å². The Morgan fingerprint density at radius 1 is 1.29 bits per heavy atom. The number of hydrogen-bond donors (Lipinski definition) is 1. The zero-order valence-corrected chi connectivity index (χ0v) is 15.5. The number of nitrogens with zero attached hydrogens (tertiary/aromatic N) is 2. The summed E-state index contributed by atoms with van der Waals surface area (Å²) in [5, 5.41) is 6.61. The number of aromatic nitrogens is 2. The van der Waals surface area contributed by atoms with Gasteiger partial charge in [-0.3, -0.25) is 9.48 Å². The maximum atomic E-state index is 12.5. The van der Waals surface area contributed by atoms with Gasteiger partial charge in [-0.25, -0.2) is 4.79 Å². The largest absolute Gasteiger partial charge is 0.484 e. The lowest BCUT2D eigenvalue weighted by Crippen LogP contribution is -2.19. The fourth-order valence-corrected chi connectivity index (χ4v) is 2.18. The topological polar surface area (TPSA) is 82.5 Å². The molecule has 1 aromatic carbocycles. The first-order valence-electron chi connectivity index (χ1n) is 8.48. The van der Waals surface area contributed by atoms with E-state index in [0.717, 1.165) is 0 Å². The molecule has 28 heavy (non-hydrogen) atoms. The van der Waals surface area contributed by atoms with Gasteiger partial charge in [0.15, 0.2) is 12.3 Å². The normalized spacial score (nSPS) is 11.4. The molecule has 1 aromatic heterocycles. The average Bonchev–Trinajstić information content (AvgIpc) is 3.02. The summed E-state index contributed by atoms with van der Waals surface area (Å²) >= 11 is 0. The monoisotopic (exact) mass is 399 g/mol. The van der Waals surface area contributed by atoms with Crippen LogP contribution in [0.4, 0.5) is 18.9 Å². The molecule has 0 radical (unpaired) electrons. The lowest BCUT2D eigenvalue weighted by atomic mass is 10.2. The number of hydrogen-bond acceptors (Lipinski definition) is 5.